The fourth-order valence-electron chi connectivity index (χ4n) is 3.10. The summed E-state index contributed by atoms with van der Waals surface area (Å²) in [6.07, 6.45) is 4.04. The summed E-state index contributed by atoms with van der Waals surface area (Å²) in [6, 6.07) is 7.53. The number of esters is 1. The first kappa shape index (κ1) is 20.3. The number of hydrogen-bond acceptors (Lipinski definition) is 5. The lowest BCUT2D eigenvalue weighted by Crippen LogP contribution is -2.56. The third kappa shape index (κ3) is 5.76. The number of methoxy groups -OCH3 is 1. The van der Waals surface area contributed by atoms with E-state index in [9.17, 15) is 14.4 Å². The van der Waals surface area contributed by atoms with Gasteiger partial charge in [-0.05, 0) is 31.9 Å². The van der Waals surface area contributed by atoms with Gasteiger partial charge in [0.25, 0.3) is 0 Å². The molecule has 2 amide bonds. The summed E-state index contributed by atoms with van der Waals surface area (Å²) < 4.78 is 4.89. The van der Waals surface area contributed by atoms with Crippen molar-refractivity contribution in [2.45, 2.75) is 44.6 Å². The number of aryl methyl sites for hydroxylation is 1. The van der Waals surface area contributed by atoms with Crippen molar-refractivity contribution in [1.29, 1.82) is 0 Å². The van der Waals surface area contributed by atoms with Gasteiger partial charge in [-0.2, -0.15) is 0 Å². The standard InChI is InChI=1S/C19H26N2O4S/c1-14-6-8-15(9-7-14)20-16(22)12-26-13-17(23)21-19(18(24)25-2)10-4-3-5-11-19/h6-9H,3-5,10-13H2,1-2H3,(H,20,22)(H,21,23). The van der Waals surface area contributed by atoms with Gasteiger partial charge in [0.1, 0.15) is 5.54 Å². The highest BCUT2D eigenvalue weighted by molar-refractivity contribution is 8.00. The molecule has 1 fully saturated rings. The lowest BCUT2D eigenvalue weighted by Gasteiger charge is -2.35. The first-order chi connectivity index (χ1) is 12.4. The molecule has 0 heterocycles. The van der Waals surface area contributed by atoms with Gasteiger partial charge in [-0.1, -0.05) is 37.0 Å². The Bertz CT molecular complexity index is 639. The van der Waals surface area contributed by atoms with E-state index in [-0.39, 0.29) is 29.3 Å². The summed E-state index contributed by atoms with van der Waals surface area (Å²) in [5.41, 5.74) is 0.947. The molecule has 6 nitrogen and oxygen atoms in total. The summed E-state index contributed by atoms with van der Waals surface area (Å²) in [5, 5.41) is 5.64. The fourth-order valence-corrected chi connectivity index (χ4v) is 3.72. The van der Waals surface area contributed by atoms with E-state index < -0.39 is 5.54 Å². The van der Waals surface area contributed by atoms with E-state index >= 15 is 0 Å². The number of thioether (sulfide) groups is 1. The Morgan fingerprint density at radius 3 is 2.27 bits per heavy atom. The predicted molar refractivity (Wildman–Crippen MR) is 103 cm³/mol. The van der Waals surface area contributed by atoms with Crippen molar-refractivity contribution >= 4 is 35.2 Å². The van der Waals surface area contributed by atoms with Gasteiger partial charge in [0.15, 0.2) is 0 Å². The maximum absolute atomic E-state index is 12.2. The Kier molecular flexibility index (Phi) is 7.50. The van der Waals surface area contributed by atoms with Gasteiger partial charge in [0.05, 0.1) is 18.6 Å². The van der Waals surface area contributed by atoms with Gasteiger partial charge in [0, 0.05) is 5.69 Å². The van der Waals surface area contributed by atoms with Crippen LogP contribution < -0.4 is 10.6 Å². The second-order valence-corrected chi connectivity index (χ2v) is 7.58. The van der Waals surface area contributed by atoms with Crippen LogP contribution in [-0.2, 0) is 19.1 Å². The maximum atomic E-state index is 12.2. The zero-order valence-electron chi connectivity index (χ0n) is 15.3. The Balaban J connectivity index is 1.77. The highest BCUT2D eigenvalue weighted by Crippen LogP contribution is 2.29. The highest BCUT2D eigenvalue weighted by atomic mass is 32.2. The summed E-state index contributed by atoms with van der Waals surface area (Å²) in [6.45, 7) is 1.98. The Hall–Kier alpha value is -2.02. The summed E-state index contributed by atoms with van der Waals surface area (Å²) >= 11 is 1.22. The molecule has 7 heteroatoms. The number of rotatable bonds is 7. The Labute approximate surface area is 158 Å². The maximum Gasteiger partial charge on any atom is 0.331 e. The molecule has 0 atom stereocenters. The molecule has 0 aliphatic heterocycles. The molecule has 0 spiro atoms. The lowest BCUT2D eigenvalue weighted by atomic mass is 9.81. The van der Waals surface area contributed by atoms with E-state index in [0.717, 1.165) is 30.5 Å². The molecule has 0 saturated heterocycles. The van der Waals surface area contributed by atoms with Crippen LogP contribution in [-0.4, -0.2) is 41.9 Å². The zero-order chi connectivity index (χ0) is 19.0. The fraction of sp³-hybridized carbons (Fsp3) is 0.526. The van der Waals surface area contributed by atoms with Crippen molar-refractivity contribution in [3.05, 3.63) is 29.8 Å². The Morgan fingerprint density at radius 2 is 1.65 bits per heavy atom. The molecule has 0 radical (unpaired) electrons. The summed E-state index contributed by atoms with van der Waals surface area (Å²) in [4.78, 5) is 36.3. The summed E-state index contributed by atoms with van der Waals surface area (Å²) in [5.74, 6) is -0.489. The first-order valence-electron chi connectivity index (χ1n) is 8.79. The molecule has 0 aromatic heterocycles. The van der Waals surface area contributed by atoms with Crippen molar-refractivity contribution in [3.63, 3.8) is 0 Å². The van der Waals surface area contributed by atoms with Crippen molar-refractivity contribution in [2.75, 3.05) is 23.9 Å². The van der Waals surface area contributed by atoms with Crippen LogP contribution in [0.4, 0.5) is 5.69 Å². The van der Waals surface area contributed by atoms with Crippen molar-refractivity contribution in [3.8, 4) is 0 Å². The average Bonchev–Trinajstić information content (AvgIpc) is 2.63. The quantitative estimate of drug-likeness (QED) is 0.713. The molecule has 1 saturated carbocycles. The van der Waals surface area contributed by atoms with E-state index in [1.807, 2.05) is 31.2 Å². The number of carbonyl (C=O) groups is 3. The van der Waals surface area contributed by atoms with Crippen LogP contribution in [0.15, 0.2) is 24.3 Å². The highest BCUT2D eigenvalue weighted by Gasteiger charge is 2.41. The lowest BCUT2D eigenvalue weighted by molar-refractivity contribution is -0.152. The van der Waals surface area contributed by atoms with E-state index in [1.54, 1.807) is 0 Å². The minimum atomic E-state index is -0.908. The van der Waals surface area contributed by atoms with Crippen LogP contribution in [0.5, 0.6) is 0 Å². The van der Waals surface area contributed by atoms with Crippen LogP contribution in [0.1, 0.15) is 37.7 Å². The SMILES string of the molecule is COC(=O)C1(NC(=O)CSCC(=O)Nc2ccc(C)cc2)CCCCC1. The van der Waals surface area contributed by atoms with Gasteiger partial charge in [-0.25, -0.2) is 4.79 Å². The minimum Gasteiger partial charge on any atom is -0.467 e. The van der Waals surface area contributed by atoms with Crippen LogP contribution in [0.25, 0.3) is 0 Å². The van der Waals surface area contributed by atoms with E-state index in [2.05, 4.69) is 10.6 Å². The molecule has 2 rings (SSSR count). The number of amides is 2. The minimum absolute atomic E-state index is 0.125. The topological polar surface area (TPSA) is 84.5 Å². The molecular formula is C19H26N2O4S. The van der Waals surface area contributed by atoms with Crippen molar-refractivity contribution in [1.82, 2.24) is 5.32 Å². The van der Waals surface area contributed by atoms with Crippen LogP contribution in [0.2, 0.25) is 0 Å². The molecule has 2 N–H and O–H groups in total. The van der Waals surface area contributed by atoms with Gasteiger partial charge in [-0.15, -0.1) is 11.8 Å². The predicted octanol–water partition coefficient (Wildman–Crippen LogP) is 2.66. The second-order valence-electron chi connectivity index (χ2n) is 6.59. The monoisotopic (exact) mass is 378 g/mol. The van der Waals surface area contributed by atoms with Crippen molar-refractivity contribution in [2.24, 2.45) is 0 Å². The van der Waals surface area contributed by atoms with Gasteiger partial charge >= 0.3 is 5.97 Å². The first-order valence-corrected chi connectivity index (χ1v) is 9.94. The van der Waals surface area contributed by atoms with Gasteiger partial charge in [0.2, 0.25) is 11.8 Å². The summed E-state index contributed by atoms with van der Waals surface area (Å²) in [7, 11) is 1.34. The number of carbonyl (C=O) groups excluding carboxylic acids is 3. The molecule has 1 aromatic rings. The van der Waals surface area contributed by atoms with Gasteiger partial charge in [-0.3, -0.25) is 9.59 Å². The molecule has 26 heavy (non-hydrogen) atoms. The largest absolute Gasteiger partial charge is 0.467 e. The third-order valence-electron chi connectivity index (χ3n) is 4.46. The van der Waals surface area contributed by atoms with Crippen LogP contribution in [0.3, 0.4) is 0 Å². The number of hydrogen-bond donors (Lipinski definition) is 2. The van der Waals surface area contributed by atoms with E-state index in [4.69, 9.17) is 4.74 Å². The number of anilines is 1. The van der Waals surface area contributed by atoms with E-state index in [0.29, 0.717) is 12.8 Å². The number of nitrogens with one attached hydrogen (secondary N) is 2. The number of benzene rings is 1. The average molecular weight is 378 g/mol. The molecule has 1 aliphatic carbocycles. The van der Waals surface area contributed by atoms with Gasteiger partial charge < -0.3 is 15.4 Å². The van der Waals surface area contributed by atoms with Crippen LogP contribution >= 0.6 is 11.8 Å². The molecule has 142 valence electrons. The molecular weight excluding hydrogens is 352 g/mol. The molecule has 1 aliphatic rings. The number of ether oxygens (including phenoxy) is 1. The molecule has 1 aromatic carbocycles. The molecule has 0 unspecified atom stereocenters. The Morgan fingerprint density at radius 1 is 1.04 bits per heavy atom. The normalized spacial score (nSPS) is 15.8. The molecule has 0 bridgehead atoms. The van der Waals surface area contributed by atoms with E-state index in [1.165, 1.54) is 18.9 Å². The van der Waals surface area contributed by atoms with Crippen LogP contribution in [0, 0.1) is 6.92 Å². The second kappa shape index (κ2) is 9.62. The zero-order valence-corrected chi connectivity index (χ0v) is 16.1. The smallest absolute Gasteiger partial charge is 0.331 e. The third-order valence-corrected chi connectivity index (χ3v) is 5.40. The van der Waals surface area contributed by atoms with Crippen molar-refractivity contribution < 1.29 is 19.1 Å².